The molecule has 2 aliphatic carbocycles. The van der Waals surface area contributed by atoms with Crippen LogP contribution >= 0.6 is 0 Å². The maximum Gasteiger partial charge on any atom is 0.0864 e. The summed E-state index contributed by atoms with van der Waals surface area (Å²) in [5.41, 5.74) is 2.88. The van der Waals surface area contributed by atoms with Crippen molar-refractivity contribution in [2.75, 3.05) is 6.61 Å². The van der Waals surface area contributed by atoms with Gasteiger partial charge in [-0.2, -0.15) is 0 Å². The van der Waals surface area contributed by atoms with E-state index in [2.05, 4.69) is 63.5 Å². The van der Waals surface area contributed by atoms with Crippen LogP contribution in [0.15, 0.2) is 0 Å². The minimum Gasteiger partial charge on any atom is -0.378 e. The van der Waals surface area contributed by atoms with E-state index < -0.39 is 0 Å². The third-order valence-electron chi connectivity index (χ3n) is 5.76. The van der Waals surface area contributed by atoms with Gasteiger partial charge in [-0.15, -0.1) is 5.10 Å². The van der Waals surface area contributed by atoms with Gasteiger partial charge in [-0.25, -0.2) is 4.68 Å². The van der Waals surface area contributed by atoms with Crippen LogP contribution in [0.1, 0.15) is 72.7 Å². The molecule has 0 spiro atoms. The third kappa shape index (κ3) is 3.68. The molecule has 1 aromatic heterocycles. The molecule has 136 valence electrons. The van der Waals surface area contributed by atoms with Crippen molar-refractivity contribution in [3.63, 3.8) is 0 Å². The van der Waals surface area contributed by atoms with Crippen LogP contribution < -0.4 is 0 Å². The number of aromatic nitrogens is 3. The predicted octanol–water partition coefficient (Wildman–Crippen LogP) is 4.23. The first kappa shape index (κ1) is 17.9. The quantitative estimate of drug-likeness (QED) is 0.831. The molecule has 1 fully saturated rings. The zero-order chi connectivity index (χ0) is 17.7. The van der Waals surface area contributed by atoms with Gasteiger partial charge in [0.25, 0.3) is 0 Å². The van der Waals surface area contributed by atoms with Gasteiger partial charge in [0.1, 0.15) is 0 Å². The number of rotatable bonds is 3. The summed E-state index contributed by atoms with van der Waals surface area (Å²) in [5.74, 6) is 2.41. The Balaban J connectivity index is 1.81. The van der Waals surface area contributed by atoms with Gasteiger partial charge in [-0.3, -0.25) is 0 Å². The van der Waals surface area contributed by atoms with Crippen molar-refractivity contribution in [3.05, 3.63) is 11.4 Å². The summed E-state index contributed by atoms with van der Waals surface area (Å²) in [6.07, 6.45) is 5.02. The lowest BCUT2D eigenvalue weighted by Gasteiger charge is -2.25. The highest BCUT2D eigenvalue weighted by Gasteiger charge is 2.52. The summed E-state index contributed by atoms with van der Waals surface area (Å²) < 4.78 is 8.11. The summed E-state index contributed by atoms with van der Waals surface area (Å²) >= 11 is 0. The molecule has 4 nitrogen and oxygen atoms in total. The minimum absolute atomic E-state index is 0.00187. The van der Waals surface area contributed by atoms with E-state index in [1.807, 2.05) is 0 Å². The molecule has 0 aromatic carbocycles. The van der Waals surface area contributed by atoms with E-state index in [0.29, 0.717) is 6.10 Å². The van der Waals surface area contributed by atoms with Gasteiger partial charge in [0.05, 0.1) is 29.6 Å². The molecule has 3 atom stereocenters. The van der Waals surface area contributed by atoms with Gasteiger partial charge >= 0.3 is 0 Å². The zero-order valence-electron chi connectivity index (χ0n) is 16.6. The average Bonchev–Trinajstić information content (AvgIpc) is 2.86. The Kier molecular flexibility index (Phi) is 4.57. The molecule has 0 N–H and O–H groups in total. The second kappa shape index (κ2) is 6.12. The Bertz CT molecular complexity index is 582. The van der Waals surface area contributed by atoms with Gasteiger partial charge in [0.2, 0.25) is 0 Å². The van der Waals surface area contributed by atoms with Crippen molar-refractivity contribution in [1.82, 2.24) is 15.0 Å². The van der Waals surface area contributed by atoms with E-state index >= 15 is 0 Å². The topological polar surface area (TPSA) is 39.9 Å². The van der Waals surface area contributed by atoms with Crippen LogP contribution in [0, 0.1) is 23.2 Å². The number of nitrogens with zero attached hydrogens (tertiary/aromatic N) is 3. The highest BCUT2D eigenvalue weighted by Crippen LogP contribution is 2.56. The molecule has 0 radical (unpaired) electrons. The van der Waals surface area contributed by atoms with Crippen LogP contribution in [0.2, 0.25) is 0 Å². The molecular formula is C20H35N3O. The van der Waals surface area contributed by atoms with Crippen molar-refractivity contribution < 1.29 is 4.74 Å². The lowest BCUT2D eigenvalue weighted by molar-refractivity contribution is 0.0644. The molecule has 0 aliphatic heterocycles. The van der Waals surface area contributed by atoms with Crippen molar-refractivity contribution in [2.45, 2.75) is 85.8 Å². The standard InChI is InChI=1S/C20H35N3O/c1-13(2)24-12-16-14-8-9-18-17(11-20(6,7)10-15(14)16)21-22-23(18)19(3,4)5/h13-16H,8-12H2,1-7H3. The van der Waals surface area contributed by atoms with Crippen LogP contribution in [-0.2, 0) is 23.1 Å². The number of hydrogen-bond acceptors (Lipinski definition) is 3. The maximum atomic E-state index is 5.94. The number of ether oxygens (including phenoxy) is 1. The summed E-state index contributed by atoms with van der Waals surface area (Å²) in [4.78, 5) is 0. The third-order valence-corrected chi connectivity index (χ3v) is 5.76. The fourth-order valence-electron chi connectivity index (χ4n) is 4.53. The normalized spacial score (nSPS) is 29.4. The summed E-state index contributed by atoms with van der Waals surface area (Å²) in [5, 5.41) is 9.08. The maximum absolute atomic E-state index is 5.94. The zero-order valence-corrected chi connectivity index (χ0v) is 16.6. The van der Waals surface area contributed by atoms with Gasteiger partial charge < -0.3 is 4.74 Å². The molecule has 24 heavy (non-hydrogen) atoms. The summed E-state index contributed by atoms with van der Waals surface area (Å²) in [6.45, 7) is 16.7. The Morgan fingerprint density at radius 2 is 1.96 bits per heavy atom. The molecule has 0 amide bonds. The molecule has 3 rings (SSSR count). The molecule has 1 aromatic rings. The number of fused-ring (bicyclic) bond motifs is 2. The molecule has 4 heteroatoms. The van der Waals surface area contributed by atoms with E-state index in [1.54, 1.807) is 0 Å². The van der Waals surface area contributed by atoms with Gasteiger partial charge in [0.15, 0.2) is 0 Å². The van der Waals surface area contributed by atoms with Crippen LogP contribution in [0.5, 0.6) is 0 Å². The van der Waals surface area contributed by atoms with E-state index in [-0.39, 0.29) is 11.0 Å². The van der Waals surface area contributed by atoms with Crippen molar-refractivity contribution >= 4 is 0 Å². The molecule has 0 bridgehead atoms. The van der Waals surface area contributed by atoms with Crippen molar-refractivity contribution in [3.8, 4) is 0 Å². The second-order valence-electron chi connectivity index (χ2n) is 10.0. The first-order valence-corrected chi connectivity index (χ1v) is 9.64. The minimum atomic E-state index is 0.00187. The lowest BCUT2D eigenvalue weighted by Crippen LogP contribution is -2.26. The van der Waals surface area contributed by atoms with Crippen molar-refractivity contribution in [1.29, 1.82) is 0 Å². The first-order chi connectivity index (χ1) is 11.1. The molecular weight excluding hydrogens is 298 g/mol. The molecule has 1 heterocycles. The lowest BCUT2D eigenvalue weighted by atomic mass is 9.81. The molecule has 3 unspecified atom stereocenters. The van der Waals surface area contributed by atoms with Gasteiger partial charge in [0, 0.05) is 0 Å². The molecule has 0 saturated heterocycles. The smallest absolute Gasteiger partial charge is 0.0864 e. The van der Waals surface area contributed by atoms with Gasteiger partial charge in [-0.05, 0) is 83.5 Å². The SMILES string of the molecule is CC(C)OCC1C2CCc3c(nnn3C(C)(C)C)CC(C)(C)CC21. The largest absolute Gasteiger partial charge is 0.378 e. The molecule has 1 saturated carbocycles. The summed E-state index contributed by atoms with van der Waals surface area (Å²) in [6, 6.07) is 0. The van der Waals surface area contributed by atoms with Gasteiger partial charge in [-0.1, -0.05) is 19.1 Å². The number of hydrogen-bond donors (Lipinski definition) is 0. The Morgan fingerprint density at radius 1 is 1.25 bits per heavy atom. The first-order valence-electron chi connectivity index (χ1n) is 9.64. The monoisotopic (exact) mass is 333 g/mol. The van der Waals surface area contributed by atoms with Crippen LogP contribution in [0.3, 0.4) is 0 Å². The van der Waals surface area contributed by atoms with Crippen LogP contribution in [0.25, 0.3) is 0 Å². The highest BCUT2D eigenvalue weighted by molar-refractivity contribution is 5.17. The van der Waals surface area contributed by atoms with Crippen LogP contribution in [-0.4, -0.2) is 27.7 Å². The second-order valence-corrected chi connectivity index (χ2v) is 10.0. The summed E-state index contributed by atoms with van der Waals surface area (Å²) in [7, 11) is 0. The fraction of sp³-hybridized carbons (Fsp3) is 0.900. The Labute approximate surface area is 147 Å². The van der Waals surface area contributed by atoms with Crippen molar-refractivity contribution in [2.24, 2.45) is 23.2 Å². The Morgan fingerprint density at radius 3 is 2.58 bits per heavy atom. The van der Waals surface area contributed by atoms with E-state index in [4.69, 9.17) is 4.74 Å². The average molecular weight is 334 g/mol. The molecule has 2 aliphatic rings. The van der Waals surface area contributed by atoms with E-state index in [1.165, 1.54) is 24.2 Å². The fourth-order valence-corrected chi connectivity index (χ4v) is 4.53. The van der Waals surface area contributed by atoms with E-state index in [9.17, 15) is 0 Å². The van der Waals surface area contributed by atoms with Crippen LogP contribution in [0.4, 0.5) is 0 Å². The highest BCUT2D eigenvalue weighted by atomic mass is 16.5. The predicted molar refractivity (Wildman–Crippen MR) is 97.0 cm³/mol. The van der Waals surface area contributed by atoms with E-state index in [0.717, 1.165) is 37.2 Å². The Hall–Kier alpha value is -0.900.